The molecule has 0 aliphatic rings. The fourth-order valence-corrected chi connectivity index (χ4v) is 2.15. The smallest absolute Gasteiger partial charge is 0.223 e. The molecule has 1 heterocycles. The van der Waals surface area contributed by atoms with Gasteiger partial charge in [0, 0.05) is 24.4 Å². The zero-order chi connectivity index (χ0) is 11.8. The van der Waals surface area contributed by atoms with E-state index in [1.165, 1.54) is 4.88 Å². The van der Waals surface area contributed by atoms with Gasteiger partial charge in [-0.1, -0.05) is 12.1 Å². The van der Waals surface area contributed by atoms with E-state index >= 15 is 0 Å². The van der Waals surface area contributed by atoms with Crippen LogP contribution in [0.4, 0.5) is 0 Å². The van der Waals surface area contributed by atoms with Crippen LogP contribution < -0.4 is 0 Å². The van der Waals surface area contributed by atoms with Crippen molar-refractivity contribution in [2.45, 2.75) is 12.8 Å². The van der Waals surface area contributed by atoms with Gasteiger partial charge in [0.2, 0.25) is 5.91 Å². The lowest BCUT2D eigenvalue weighted by atomic mass is 10.2. The van der Waals surface area contributed by atoms with E-state index in [4.69, 9.17) is 5.11 Å². The van der Waals surface area contributed by atoms with Crippen LogP contribution in [-0.4, -0.2) is 35.6 Å². The van der Waals surface area contributed by atoms with Gasteiger partial charge in [-0.25, -0.2) is 0 Å². The van der Waals surface area contributed by atoms with Gasteiger partial charge < -0.3 is 10.0 Å². The molecule has 0 aromatic carbocycles. The average molecular weight is 239 g/mol. The second-order valence-electron chi connectivity index (χ2n) is 3.43. The zero-order valence-corrected chi connectivity index (χ0v) is 10.1. The first-order valence-corrected chi connectivity index (χ1v) is 6.17. The van der Waals surface area contributed by atoms with Crippen LogP contribution in [0.3, 0.4) is 0 Å². The topological polar surface area (TPSA) is 40.5 Å². The Morgan fingerprint density at radius 2 is 2.44 bits per heavy atom. The quantitative estimate of drug-likeness (QED) is 0.736. The van der Waals surface area contributed by atoms with Gasteiger partial charge in [-0.3, -0.25) is 4.79 Å². The molecule has 1 amide bonds. The van der Waals surface area contributed by atoms with Gasteiger partial charge in [0.15, 0.2) is 0 Å². The van der Waals surface area contributed by atoms with Crippen LogP contribution >= 0.6 is 11.3 Å². The van der Waals surface area contributed by atoms with Gasteiger partial charge in [0.25, 0.3) is 0 Å². The molecule has 1 rings (SSSR count). The predicted molar refractivity (Wildman–Crippen MR) is 66.5 cm³/mol. The minimum absolute atomic E-state index is 0.00141. The molecule has 0 aliphatic heterocycles. The molecule has 0 unspecified atom stereocenters. The number of carbonyl (C=O) groups is 1. The van der Waals surface area contributed by atoms with E-state index in [9.17, 15) is 4.79 Å². The van der Waals surface area contributed by atoms with Gasteiger partial charge in [0.1, 0.15) is 0 Å². The first-order valence-electron chi connectivity index (χ1n) is 5.30. The highest BCUT2D eigenvalue weighted by atomic mass is 32.1. The SMILES string of the molecule is C=CCN(CCO)C(=O)CCc1cccs1. The molecule has 0 bridgehead atoms. The molecule has 0 radical (unpaired) electrons. The summed E-state index contributed by atoms with van der Waals surface area (Å²) in [6, 6.07) is 4.02. The molecule has 16 heavy (non-hydrogen) atoms. The third kappa shape index (κ3) is 4.16. The van der Waals surface area contributed by atoms with Crippen molar-refractivity contribution in [3.8, 4) is 0 Å². The standard InChI is InChI=1S/C12H17NO2S/c1-2-7-13(8-9-14)12(15)6-5-11-4-3-10-16-11/h2-4,10,14H,1,5-9H2. The summed E-state index contributed by atoms with van der Waals surface area (Å²) in [4.78, 5) is 14.6. The molecule has 0 spiro atoms. The third-order valence-electron chi connectivity index (χ3n) is 2.24. The Bertz CT molecular complexity index is 322. The number of hydrogen-bond acceptors (Lipinski definition) is 3. The van der Waals surface area contributed by atoms with Gasteiger partial charge in [-0.2, -0.15) is 0 Å². The number of thiophene rings is 1. The Morgan fingerprint density at radius 3 is 3.00 bits per heavy atom. The zero-order valence-electron chi connectivity index (χ0n) is 9.26. The molecule has 1 N–H and O–H groups in total. The molecule has 0 saturated heterocycles. The number of nitrogens with zero attached hydrogens (tertiary/aromatic N) is 1. The van der Waals surface area contributed by atoms with E-state index < -0.39 is 0 Å². The van der Waals surface area contributed by atoms with Crippen molar-refractivity contribution in [2.24, 2.45) is 0 Å². The van der Waals surface area contributed by atoms with Crippen LogP contribution in [0.1, 0.15) is 11.3 Å². The van der Waals surface area contributed by atoms with Crippen LogP contribution in [0, 0.1) is 0 Å². The van der Waals surface area contributed by atoms with E-state index in [2.05, 4.69) is 6.58 Å². The Balaban J connectivity index is 2.39. The van der Waals surface area contributed by atoms with Crippen LogP contribution in [0.2, 0.25) is 0 Å². The second kappa shape index (κ2) is 7.19. The van der Waals surface area contributed by atoms with Crippen LogP contribution in [-0.2, 0) is 11.2 Å². The van der Waals surface area contributed by atoms with Crippen molar-refractivity contribution in [3.63, 3.8) is 0 Å². The maximum absolute atomic E-state index is 11.8. The molecule has 0 fully saturated rings. The number of aryl methyl sites for hydroxylation is 1. The molecule has 1 aromatic heterocycles. The van der Waals surface area contributed by atoms with Crippen LogP contribution in [0.25, 0.3) is 0 Å². The maximum Gasteiger partial charge on any atom is 0.223 e. The summed E-state index contributed by atoms with van der Waals surface area (Å²) in [7, 11) is 0. The lowest BCUT2D eigenvalue weighted by Crippen LogP contribution is -2.33. The van der Waals surface area contributed by atoms with Gasteiger partial charge >= 0.3 is 0 Å². The van der Waals surface area contributed by atoms with E-state index in [-0.39, 0.29) is 12.5 Å². The molecule has 3 nitrogen and oxygen atoms in total. The number of amides is 1. The Hall–Kier alpha value is -1.13. The predicted octanol–water partition coefficient (Wildman–Crippen LogP) is 1.69. The van der Waals surface area contributed by atoms with E-state index in [0.29, 0.717) is 19.5 Å². The van der Waals surface area contributed by atoms with E-state index in [1.807, 2.05) is 17.5 Å². The number of aliphatic hydroxyl groups is 1. The normalized spacial score (nSPS) is 10.1. The molecule has 1 aromatic rings. The summed E-state index contributed by atoms with van der Waals surface area (Å²) in [6.45, 7) is 4.49. The summed E-state index contributed by atoms with van der Waals surface area (Å²) in [6.07, 6.45) is 2.95. The van der Waals surface area contributed by atoms with Gasteiger partial charge in [-0.05, 0) is 17.9 Å². The fraction of sp³-hybridized carbons (Fsp3) is 0.417. The molecule has 4 heteroatoms. The first kappa shape index (κ1) is 12.9. The number of rotatable bonds is 7. The lowest BCUT2D eigenvalue weighted by molar-refractivity contribution is -0.131. The number of carbonyl (C=O) groups excluding carboxylic acids is 1. The van der Waals surface area contributed by atoms with Crippen molar-refractivity contribution in [2.75, 3.05) is 19.7 Å². The van der Waals surface area contributed by atoms with Crippen LogP contribution in [0.5, 0.6) is 0 Å². The molecular weight excluding hydrogens is 222 g/mol. The number of hydrogen-bond donors (Lipinski definition) is 1. The van der Waals surface area contributed by atoms with E-state index in [0.717, 1.165) is 6.42 Å². The summed E-state index contributed by atoms with van der Waals surface area (Å²) < 4.78 is 0. The minimum atomic E-state index is -0.00141. The van der Waals surface area contributed by atoms with Crippen LogP contribution in [0.15, 0.2) is 30.2 Å². The van der Waals surface area contributed by atoms with Crippen molar-refractivity contribution in [1.82, 2.24) is 4.90 Å². The Morgan fingerprint density at radius 1 is 1.62 bits per heavy atom. The molecule has 0 atom stereocenters. The highest BCUT2D eigenvalue weighted by Crippen LogP contribution is 2.11. The maximum atomic E-state index is 11.8. The summed E-state index contributed by atoms with van der Waals surface area (Å²) >= 11 is 1.66. The van der Waals surface area contributed by atoms with Gasteiger partial charge in [0.05, 0.1) is 6.61 Å². The van der Waals surface area contributed by atoms with Crippen molar-refractivity contribution < 1.29 is 9.90 Å². The first-order chi connectivity index (χ1) is 7.77. The molecule has 0 saturated carbocycles. The number of aliphatic hydroxyl groups excluding tert-OH is 1. The molecule has 88 valence electrons. The molecule has 0 aliphatic carbocycles. The van der Waals surface area contributed by atoms with E-state index in [1.54, 1.807) is 22.3 Å². The summed E-state index contributed by atoms with van der Waals surface area (Å²) in [5, 5.41) is 10.8. The average Bonchev–Trinajstić information content (AvgIpc) is 2.78. The summed E-state index contributed by atoms with van der Waals surface area (Å²) in [5.41, 5.74) is 0. The van der Waals surface area contributed by atoms with Gasteiger partial charge in [-0.15, -0.1) is 17.9 Å². The third-order valence-corrected chi connectivity index (χ3v) is 3.17. The summed E-state index contributed by atoms with van der Waals surface area (Å²) in [5.74, 6) is 0.0716. The Labute approximate surface area is 100 Å². The monoisotopic (exact) mass is 239 g/mol. The van der Waals surface area contributed by atoms with Crippen molar-refractivity contribution in [3.05, 3.63) is 35.0 Å². The minimum Gasteiger partial charge on any atom is -0.395 e. The largest absolute Gasteiger partial charge is 0.395 e. The fourth-order valence-electron chi connectivity index (χ4n) is 1.44. The Kier molecular flexibility index (Phi) is 5.82. The highest BCUT2D eigenvalue weighted by molar-refractivity contribution is 7.09. The lowest BCUT2D eigenvalue weighted by Gasteiger charge is -2.19. The second-order valence-corrected chi connectivity index (χ2v) is 4.46. The molecular formula is C12H17NO2S. The van der Waals surface area contributed by atoms with Crippen molar-refractivity contribution >= 4 is 17.2 Å². The highest BCUT2D eigenvalue weighted by Gasteiger charge is 2.11. The van der Waals surface area contributed by atoms with Crippen molar-refractivity contribution in [1.29, 1.82) is 0 Å².